The van der Waals surface area contributed by atoms with Crippen LogP contribution in [0.5, 0.6) is 0 Å². The SMILES string of the molecule is CC(C)(C)OC(=O)N1C(CCCN)CCC1(C)C.CC(C)(C)OC(=O)N1C(CCCOS(C)(=O)=O)CCC1(C)C. The van der Waals surface area contributed by atoms with Crippen molar-refractivity contribution in [3.05, 3.63) is 0 Å². The normalized spacial score (nSPS) is 22.5. The molecule has 10 nitrogen and oxygen atoms in total. The topological polar surface area (TPSA) is 128 Å². The number of nitrogens with zero attached hydrogens (tertiary/aromatic N) is 2. The van der Waals surface area contributed by atoms with E-state index in [1.807, 2.05) is 60.3 Å². The molecular weight excluding hydrogens is 534 g/mol. The molecule has 2 heterocycles. The highest BCUT2D eigenvalue weighted by molar-refractivity contribution is 7.85. The molecule has 0 aliphatic carbocycles. The Labute approximate surface area is 243 Å². The predicted molar refractivity (Wildman–Crippen MR) is 159 cm³/mol. The van der Waals surface area contributed by atoms with Gasteiger partial charge in [-0.1, -0.05) is 0 Å². The quantitative estimate of drug-likeness (QED) is 0.276. The van der Waals surface area contributed by atoms with Crippen molar-refractivity contribution in [3.63, 3.8) is 0 Å². The molecule has 2 rings (SSSR count). The minimum Gasteiger partial charge on any atom is -0.444 e. The van der Waals surface area contributed by atoms with E-state index in [-0.39, 0.29) is 42.0 Å². The van der Waals surface area contributed by atoms with Crippen molar-refractivity contribution >= 4 is 22.3 Å². The van der Waals surface area contributed by atoms with Gasteiger partial charge >= 0.3 is 12.2 Å². The van der Waals surface area contributed by atoms with Gasteiger partial charge in [0.1, 0.15) is 11.2 Å². The highest BCUT2D eigenvalue weighted by Gasteiger charge is 2.45. The predicted octanol–water partition coefficient (Wildman–Crippen LogP) is 5.82. The fourth-order valence-corrected chi connectivity index (χ4v) is 5.79. The molecule has 0 aromatic heterocycles. The van der Waals surface area contributed by atoms with E-state index in [1.165, 1.54) is 0 Å². The van der Waals surface area contributed by atoms with Gasteiger partial charge < -0.3 is 25.0 Å². The fraction of sp³-hybridized carbons (Fsp3) is 0.931. The molecule has 0 aromatic rings. The molecule has 40 heavy (non-hydrogen) atoms. The molecule has 2 aliphatic heterocycles. The van der Waals surface area contributed by atoms with Crippen LogP contribution in [0.3, 0.4) is 0 Å². The lowest BCUT2D eigenvalue weighted by atomic mass is 10.0. The lowest BCUT2D eigenvalue weighted by molar-refractivity contribution is 0.00148. The standard InChI is InChI=1S/C15H29NO5S.C14H28N2O2/c1-14(2,3)21-13(17)16-12(9-10-15(16,4)5)8-7-11-20-22(6,18)19;1-13(2,3)18-12(17)16-11(7-6-10-15)8-9-14(16,4)5/h12H,7-11H2,1-6H3;11H,6-10,15H2,1-5H3. The van der Waals surface area contributed by atoms with E-state index in [1.54, 1.807) is 4.90 Å². The van der Waals surface area contributed by atoms with Crippen LogP contribution in [0.15, 0.2) is 0 Å². The summed E-state index contributed by atoms with van der Waals surface area (Å²) < 4.78 is 37.7. The number of nitrogens with two attached hydrogens (primary N) is 1. The number of hydrogen-bond donors (Lipinski definition) is 1. The van der Waals surface area contributed by atoms with Gasteiger partial charge in [0.2, 0.25) is 0 Å². The third kappa shape index (κ3) is 12.5. The summed E-state index contributed by atoms with van der Waals surface area (Å²) in [5, 5.41) is 0. The Hall–Kier alpha value is -1.59. The number of likely N-dealkylation sites (tertiary alicyclic amines) is 2. The van der Waals surface area contributed by atoms with Crippen LogP contribution in [-0.2, 0) is 23.8 Å². The molecule has 2 aliphatic rings. The third-order valence-corrected chi connectivity index (χ3v) is 7.71. The first kappa shape index (κ1) is 36.4. The van der Waals surface area contributed by atoms with Gasteiger partial charge in [0.15, 0.2) is 0 Å². The highest BCUT2D eigenvalue weighted by Crippen LogP contribution is 2.37. The minimum atomic E-state index is -3.40. The lowest BCUT2D eigenvalue weighted by Gasteiger charge is -2.37. The van der Waals surface area contributed by atoms with Crippen LogP contribution in [0.1, 0.15) is 121 Å². The van der Waals surface area contributed by atoms with Crippen molar-refractivity contribution < 1.29 is 31.7 Å². The van der Waals surface area contributed by atoms with E-state index < -0.39 is 21.3 Å². The molecule has 2 N–H and O–H groups in total. The Balaban J connectivity index is 0.000000408. The van der Waals surface area contributed by atoms with Crippen LogP contribution in [0.4, 0.5) is 9.59 Å². The maximum absolute atomic E-state index is 12.5. The Morgan fingerprint density at radius 3 is 1.50 bits per heavy atom. The van der Waals surface area contributed by atoms with E-state index in [4.69, 9.17) is 19.4 Å². The van der Waals surface area contributed by atoms with Crippen LogP contribution >= 0.6 is 0 Å². The molecule has 2 atom stereocenters. The minimum absolute atomic E-state index is 0.0630. The van der Waals surface area contributed by atoms with Gasteiger partial charge in [-0.25, -0.2) is 9.59 Å². The van der Waals surface area contributed by atoms with E-state index in [0.29, 0.717) is 19.4 Å². The monoisotopic (exact) mass is 591 g/mol. The molecule has 2 fully saturated rings. The van der Waals surface area contributed by atoms with Crippen LogP contribution in [0.25, 0.3) is 0 Å². The Morgan fingerprint density at radius 2 is 1.18 bits per heavy atom. The summed E-state index contributed by atoms with van der Waals surface area (Å²) in [4.78, 5) is 28.5. The number of amides is 2. The number of rotatable bonds is 8. The summed E-state index contributed by atoms with van der Waals surface area (Å²) in [6, 6.07) is 0.339. The summed E-state index contributed by atoms with van der Waals surface area (Å²) in [6.45, 7) is 20.4. The first-order valence-electron chi connectivity index (χ1n) is 14.6. The molecule has 0 aromatic carbocycles. The highest BCUT2D eigenvalue weighted by atomic mass is 32.2. The number of carbonyl (C=O) groups is 2. The first-order valence-corrected chi connectivity index (χ1v) is 16.4. The summed E-state index contributed by atoms with van der Waals surface area (Å²) >= 11 is 0. The lowest BCUT2D eigenvalue weighted by Crippen LogP contribution is -2.49. The zero-order chi connectivity index (χ0) is 31.2. The molecule has 2 amide bonds. The second kappa shape index (κ2) is 14.1. The molecule has 11 heteroatoms. The smallest absolute Gasteiger partial charge is 0.410 e. The van der Waals surface area contributed by atoms with Gasteiger partial charge in [0.05, 0.1) is 12.9 Å². The zero-order valence-corrected chi connectivity index (χ0v) is 27.8. The fourth-order valence-electron chi connectivity index (χ4n) is 5.37. The second-order valence-corrected chi connectivity index (χ2v) is 16.0. The van der Waals surface area contributed by atoms with Gasteiger partial charge in [0.25, 0.3) is 10.1 Å². The number of ether oxygens (including phenoxy) is 2. The molecule has 2 unspecified atom stereocenters. The zero-order valence-electron chi connectivity index (χ0n) is 27.0. The van der Waals surface area contributed by atoms with Gasteiger partial charge in [0, 0.05) is 23.2 Å². The van der Waals surface area contributed by atoms with Crippen molar-refractivity contribution in [2.75, 3.05) is 19.4 Å². The van der Waals surface area contributed by atoms with Crippen molar-refractivity contribution in [2.24, 2.45) is 5.73 Å². The van der Waals surface area contributed by atoms with Crippen LogP contribution < -0.4 is 5.73 Å². The van der Waals surface area contributed by atoms with E-state index in [9.17, 15) is 18.0 Å². The average Bonchev–Trinajstić information content (AvgIpc) is 3.21. The maximum atomic E-state index is 12.5. The van der Waals surface area contributed by atoms with E-state index in [2.05, 4.69) is 13.8 Å². The second-order valence-electron chi connectivity index (χ2n) is 14.3. The average molecular weight is 592 g/mol. The summed E-state index contributed by atoms with van der Waals surface area (Å²) in [6.07, 6.45) is 7.65. The van der Waals surface area contributed by atoms with Crippen molar-refractivity contribution in [2.45, 2.75) is 155 Å². The van der Waals surface area contributed by atoms with E-state index >= 15 is 0 Å². The summed E-state index contributed by atoms with van der Waals surface area (Å²) in [5.74, 6) is 0. The van der Waals surface area contributed by atoms with Crippen molar-refractivity contribution in [1.82, 2.24) is 9.80 Å². The molecule has 0 bridgehead atoms. The molecule has 2 saturated heterocycles. The molecule has 0 radical (unpaired) electrons. The van der Waals surface area contributed by atoms with Gasteiger partial charge in [-0.15, -0.1) is 0 Å². The Bertz CT molecular complexity index is 936. The third-order valence-electron chi connectivity index (χ3n) is 7.11. The van der Waals surface area contributed by atoms with Gasteiger partial charge in [-0.05, 0) is 127 Å². The van der Waals surface area contributed by atoms with Crippen molar-refractivity contribution in [3.8, 4) is 0 Å². The van der Waals surface area contributed by atoms with E-state index in [0.717, 1.165) is 44.8 Å². The van der Waals surface area contributed by atoms with Crippen LogP contribution in [-0.4, -0.2) is 84.2 Å². The van der Waals surface area contributed by atoms with Crippen LogP contribution in [0.2, 0.25) is 0 Å². The molecule has 0 spiro atoms. The molecule has 236 valence electrons. The number of hydrogen-bond acceptors (Lipinski definition) is 8. The molecular formula is C29H57N3O7S. The van der Waals surface area contributed by atoms with Gasteiger partial charge in [-0.3, -0.25) is 4.18 Å². The number of carbonyl (C=O) groups excluding carboxylic acids is 2. The maximum Gasteiger partial charge on any atom is 0.410 e. The first-order chi connectivity index (χ1) is 18.0. The Morgan fingerprint density at radius 1 is 0.800 bits per heavy atom. The van der Waals surface area contributed by atoms with Gasteiger partial charge in [-0.2, -0.15) is 8.42 Å². The molecule has 0 saturated carbocycles. The Kier molecular flexibility index (Phi) is 12.8. The van der Waals surface area contributed by atoms with Crippen LogP contribution in [0, 0.1) is 0 Å². The van der Waals surface area contributed by atoms with Crippen molar-refractivity contribution in [1.29, 1.82) is 0 Å². The summed E-state index contributed by atoms with van der Waals surface area (Å²) in [5.41, 5.74) is 4.24. The summed E-state index contributed by atoms with van der Waals surface area (Å²) in [7, 11) is -3.40. The largest absolute Gasteiger partial charge is 0.444 e.